The van der Waals surface area contributed by atoms with E-state index >= 15 is 0 Å². The maximum absolute atomic E-state index is 5.72. The predicted octanol–water partition coefficient (Wildman–Crippen LogP) is 3.12. The van der Waals surface area contributed by atoms with Gasteiger partial charge in [0.25, 0.3) is 0 Å². The standard InChI is InChI=1S/C17H23N5S/c18-17-20-9-14(23-17)11-22-7-6-15-13(10-22)8-19-16(21-15)12-4-2-1-3-5-12/h8-9,12H,1-7,10-11H2,(H2,18,20). The summed E-state index contributed by atoms with van der Waals surface area (Å²) in [5.74, 6) is 1.68. The van der Waals surface area contributed by atoms with Crippen LogP contribution < -0.4 is 5.73 Å². The zero-order valence-electron chi connectivity index (χ0n) is 13.4. The Kier molecular flexibility index (Phi) is 4.27. The highest BCUT2D eigenvalue weighted by molar-refractivity contribution is 7.15. The van der Waals surface area contributed by atoms with Crippen molar-refractivity contribution in [3.8, 4) is 0 Å². The third-order valence-electron chi connectivity index (χ3n) is 4.95. The zero-order valence-corrected chi connectivity index (χ0v) is 14.2. The molecule has 1 aliphatic carbocycles. The minimum atomic E-state index is 0.590. The van der Waals surface area contributed by atoms with Crippen LogP contribution >= 0.6 is 11.3 Å². The molecule has 2 aliphatic rings. The molecule has 0 bridgehead atoms. The van der Waals surface area contributed by atoms with E-state index in [9.17, 15) is 0 Å². The van der Waals surface area contributed by atoms with E-state index in [-0.39, 0.29) is 0 Å². The SMILES string of the molecule is Nc1ncc(CN2CCc3nc(C4CCCCC4)ncc3C2)s1. The highest BCUT2D eigenvalue weighted by atomic mass is 32.1. The minimum Gasteiger partial charge on any atom is -0.375 e. The molecule has 2 aromatic rings. The van der Waals surface area contributed by atoms with Crippen molar-refractivity contribution in [2.45, 2.75) is 57.5 Å². The summed E-state index contributed by atoms with van der Waals surface area (Å²) in [6.45, 7) is 2.89. The Balaban J connectivity index is 1.45. The Hall–Kier alpha value is -1.53. The number of hydrogen-bond donors (Lipinski definition) is 1. The van der Waals surface area contributed by atoms with E-state index in [0.29, 0.717) is 11.0 Å². The highest BCUT2D eigenvalue weighted by Gasteiger charge is 2.23. The van der Waals surface area contributed by atoms with Crippen molar-refractivity contribution in [1.82, 2.24) is 19.9 Å². The fraction of sp³-hybridized carbons (Fsp3) is 0.588. The van der Waals surface area contributed by atoms with Gasteiger partial charge in [-0.05, 0) is 12.8 Å². The number of nitrogens with zero attached hydrogens (tertiary/aromatic N) is 4. The molecule has 0 amide bonds. The maximum atomic E-state index is 5.72. The van der Waals surface area contributed by atoms with E-state index in [4.69, 9.17) is 15.7 Å². The van der Waals surface area contributed by atoms with E-state index < -0.39 is 0 Å². The van der Waals surface area contributed by atoms with Crippen LogP contribution in [0, 0.1) is 0 Å². The molecule has 0 unspecified atom stereocenters. The minimum absolute atomic E-state index is 0.590. The van der Waals surface area contributed by atoms with Crippen molar-refractivity contribution in [1.29, 1.82) is 0 Å². The van der Waals surface area contributed by atoms with Gasteiger partial charge < -0.3 is 5.73 Å². The number of nitrogen functional groups attached to an aromatic ring is 1. The van der Waals surface area contributed by atoms with Gasteiger partial charge in [0.2, 0.25) is 0 Å². The van der Waals surface area contributed by atoms with Crippen LogP contribution in [0.25, 0.3) is 0 Å². The Morgan fingerprint density at radius 3 is 2.83 bits per heavy atom. The molecular weight excluding hydrogens is 306 g/mol. The van der Waals surface area contributed by atoms with Crippen molar-refractivity contribution in [2.24, 2.45) is 0 Å². The third-order valence-corrected chi connectivity index (χ3v) is 5.76. The number of fused-ring (bicyclic) bond motifs is 1. The summed E-state index contributed by atoms with van der Waals surface area (Å²) in [5.41, 5.74) is 8.27. The fourth-order valence-corrected chi connectivity index (χ4v) is 4.43. The maximum Gasteiger partial charge on any atom is 0.180 e. The molecule has 4 rings (SSSR count). The molecule has 122 valence electrons. The molecule has 3 heterocycles. The second-order valence-corrected chi connectivity index (χ2v) is 7.81. The third kappa shape index (κ3) is 3.38. The summed E-state index contributed by atoms with van der Waals surface area (Å²) < 4.78 is 0. The first kappa shape index (κ1) is 15.0. The van der Waals surface area contributed by atoms with Crippen molar-refractivity contribution < 1.29 is 0 Å². The Morgan fingerprint density at radius 1 is 1.17 bits per heavy atom. The fourth-order valence-electron chi connectivity index (χ4n) is 3.70. The Labute approximate surface area is 141 Å². The van der Waals surface area contributed by atoms with E-state index in [1.54, 1.807) is 11.3 Å². The van der Waals surface area contributed by atoms with Crippen molar-refractivity contribution in [2.75, 3.05) is 12.3 Å². The molecule has 0 radical (unpaired) electrons. The van der Waals surface area contributed by atoms with Gasteiger partial charge in [-0.25, -0.2) is 15.0 Å². The quantitative estimate of drug-likeness (QED) is 0.937. The molecule has 0 atom stereocenters. The zero-order chi connectivity index (χ0) is 15.6. The second kappa shape index (κ2) is 6.53. The summed E-state index contributed by atoms with van der Waals surface area (Å²) in [4.78, 5) is 17.4. The molecule has 1 saturated carbocycles. The number of thiazole rings is 1. The van der Waals surface area contributed by atoms with Crippen LogP contribution in [0.2, 0.25) is 0 Å². The average Bonchev–Trinajstić information content (AvgIpc) is 3.00. The first-order valence-electron chi connectivity index (χ1n) is 8.55. The molecule has 1 aliphatic heterocycles. The smallest absolute Gasteiger partial charge is 0.180 e. The Bertz CT molecular complexity index is 677. The van der Waals surface area contributed by atoms with E-state index in [1.807, 2.05) is 6.20 Å². The molecule has 0 saturated heterocycles. The summed E-state index contributed by atoms with van der Waals surface area (Å²) in [5, 5.41) is 0.651. The normalized spacial score (nSPS) is 19.7. The lowest BCUT2D eigenvalue weighted by molar-refractivity contribution is 0.244. The van der Waals surface area contributed by atoms with Gasteiger partial charge in [-0.1, -0.05) is 19.3 Å². The first-order valence-corrected chi connectivity index (χ1v) is 9.37. The van der Waals surface area contributed by atoms with Crippen LogP contribution in [0.3, 0.4) is 0 Å². The molecule has 2 N–H and O–H groups in total. The average molecular weight is 329 g/mol. The van der Waals surface area contributed by atoms with E-state index in [0.717, 1.165) is 31.9 Å². The van der Waals surface area contributed by atoms with Gasteiger partial charge in [0.05, 0.1) is 0 Å². The van der Waals surface area contributed by atoms with Crippen molar-refractivity contribution in [3.05, 3.63) is 34.4 Å². The molecule has 23 heavy (non-hydrogen) atoms. The van der Waals surface area contributed by atoms with E-state index in [1.165, 1.54) is 48.2 Å². The van der Waals surface area contributed by atoms with Crippen LogP contribution in [0.15, 0.2) is 12.4 Å². The number of hydrogen-bond acceptors (Lipinski definition) is 6. The number of nitrogens with two attached hydrogens (primary N) is 1. The molecular formula is C17H23N5S. The van der Waals surface area contributed by atoms with Crippen LogP contribution in [0.4, 0.5) is 5.13 Å². The van der Waals surface area contributed by atoms with Gasteiger partial charge in [-0.15, -0.1) is 11.3 Å². The lowest BCUT2D eigenvalue weighted by Crippen LogP contribution is -2.31. The molecule has 2 aromatic heterocycles. The van der Waals surface area contributed by atoms with Gasteiger partial charge >= 0.3 is 0 Å². The molecule has 0 spiro atoms. The lowest BCUT2D eigenvalue weighted by atomic mass is 9.88. The largest absolute Gasteiger partial charge is 0.375 e. The van der Waals surface area contributed by atoms with Crippen LogP contribution in [-0.4, -0.2) is 26.4 Å². The van der Waals surface area contributed by atoms with Crippen molar-refractivity contribution in [3.63, 3.8) is 0 Å². The predicted molar refractivity (Wildman–Crippen MR) is 92.2 cm³/mol. The van der Waals surface area contributed by atoms with Crippen LogP contribution in [-0.2, 0) is 19.5 Å². The first-order chi connectivity index (χ1) is 11.3. The highest BCUT2D eigenvalue weighted by Crippen LogP contribution is 2.31. The van der Waals surface area contributed by atoms with Gasteiger partial charge in [0.15, 0.2) is 5.13 Å². The summed E-state index contributed by atoms with van der Waals surface area (Å²) in [6, 6.07) is 0. The molecule has 6 heteroatoms. The topological polar surface area (TPSA) is 67.9 Å². The van der Waals surface area contributed by atoms with Crippen LogP contribution in [0.5, 0.6) is 0 Å². The van der Waals surface area contributed by atoms with Crippen LogP contribution in [0.1, 0.15) is 60.0 Å². The summed E-state index contributed by atoms with van der Waals surface area (Å²) in [6.07, 6.45) is 11.5. The Morgan fingerprint density at radius 2 is 2.04 bits per heavy atom. The van der Waals surface area contributed by atoms with Crippen molar-refractivity contribution >= 4 is 16.5 Å². The van der Waals surface area contributed by atoms with Gasteiger partial charge in [-0.3, -0.25) is 4.90 Å². The van der Waals surface area contributed by atoms with Gasteiger partial charge in [-0.2, -0.15) is 0 Å². The van der Waals surface area contributed by atoms with Gasteiger partial charge in [0.1, 0.15) is 5.82 Å². The number of aromatic nitrogens is 3. The van der Waals surface area contributed by atoms with E-state index in [2.05, 4.69) is 16.1 Å². The summed E-state index contributed by atoms with van der Waals surface area (Å²) in [7, 11) is 0. The monoisotopic (exact) mass is 329 g/mol. The molecule has 5 nitrogen and oxygen atoms in total. The summed E-state index contributed by atoms with van der Waals surface area (Å²) >= 11 is 1.58. The second-order valence-electron chi connectivity index (χ2n) is 6.66. The number of anilines is 1. The molecule has 1 fully saturated rings. The lowest BCUT2D eigenvalue weighted by Gasteiger charge is -2.28. The van der Waals surface area contributed by atoms with Gasteiger partial charge in [0, 0.05) is 60.5 Å². The number of rotatable bonds is 3. The molecule has 0 aromatic carbocycles.